The molecule has 120 valence electrons. The van der Waals surface area contributed by atoms with Gasteiger partial charge in [0, 0.05) is 0 Å². The third-order valence-corrected chi connectivity index (χ3v) is 2.98. The average Bonchev–Trinajstić information content (AvgIpc) is 2.55. The van der Waals surface area contributed by atoms with Crippen molar-refractivity contribution >= 4 is 17.7 Å². The first-order chi connectivity index (χ1) is 11.1. The number of benzene rings is 2. The second kappa shape index (κ2) is 7.84. The average molecular weight is 315 g/mol. The minimum Gasteiger partial charge on any atom is -0.494 e. The van der Waals surface area contributed by atoms with E-state index in [0.29, 0.717) is 12.4 Å². The van der Waals surface area contributed by atoms with Gasteiger partial charge in [0.25, 0.3) is 0 Å². The molecule has 0 saturated carbocycles. The largest absolute Gasteiger partial charge is 0.494 e. The van der Waals surface area contributed by atoms with E-state index in [2.05, 4.69) is 5.32 Å². The van der Waals surface area contributed by atoms with Gasteiger partial charge in [-0.1, -0.05) is 30.3 Å². The Hall–Kier alpha value is -3.02. The number of hydrogen-bond donors (Lipinski definition) is 2. The van der Waals surface area contributed by atoms with Crippen molar-refractivity contribution in [1.82, 2.24) is 0 Å². The van der Waals surface area contributed by atoms with Gasteiger partial charge < -0.3 is 14.6 Å². The number of hydrogen-bond acceptors (Lipinski definition) is 4. The topological polar surface area (TPSA) is 84.9 Å². The van der Waals surface area contributed by atoms with Gasteiger partial charge in [-0.2, -0.15) is 0 Å². The van der Waals surface area contributed by atoms with Crippen LogP contribution in [0.3, 0.4) is 0 Å². The second-order valence-corrected chi connectivity index (χ2v) is 4.63. The molecule has 2 rings (SSSR count). The lowest BCUT2D eigenvalue weighted by atomic mass is 10.1. The van der Waals surface area contributed by atoms with Crippen LogP contribution in [0.5, 0.6) is 5.75 Å². The number of rotatable bonds is 6. The number of ether oxygens (including phenoxy) is 2. The third-order valence-electron chi connectivity index (χ3n) is 2.98. The van der Waals surface area contributed by atoms with Gasteiger partial charge >= 0.3 is 12.1 Å². The fourth-order valence-corrected chi connectivity index (χ4v) is 1.93. The van der Waals surface area contributed by atoms with Crippen molar-refractivity contribution < 1.29 is 24.2 Å². The Morgan fingerprint density at radius 1 is 1.13 bits per heavy atom. The lowest BCUT2D eigenvalue weighted by Crippen LogP contribution is -2.16. The van der Waals surface area contributed by atoms with Gasteiger partial charge in [-0.05, 0) is 30.7 Å². The van der Waals surface area contributed by atoms with E-state index in [1.54, 1.807) is 13.0 Å². The Kier molecular flexibility index (Phi) is 5.57. The lowest BCUT2D eigenvalue weighted by molar-refractivity contribution is 0.0697. The standard InChI is InChI=1S/C17H17NO5/c1-2-22-13-8-9-15(14(10-13)16(19)20)18-17(21)23-11-12-6-4-3-5-7-12/h3-10H,2,11H2,1H3,(H,18,21)(H,19,20). The van der Waals surface area contributed by atoms with Crippen LogP contribution in [0.15, 0.2) is 48.5 Å². The van der Waals surface area contributed by atoms with Crippen molar-refractivity contribution in [2.75, 3.05) is 11.9 Å². The molecule has 0 bridgehead atoms. The summed E-state index contributed by atoms with van der Waals surface area (Å²) in [7, 11) is 0. The highest BCUT2D eigenvalue weighted by Gasteiger charge is 2.14. The normalized spacial score (nSPS) is 9.96. The van der Waals surface area contributed by atoms with E-state index >= 15 is 0 Å². The molecule has 23 heavy (non-hydrogen) atoms. The molecule has 6 heteroatoms. The Morgan fingerprint density at radius 3 is 2.52 bits per heavy atom. The van der Waals surface area contributed by atoms with Crippen molar-refractivity contribution in [3.8, 4) is 5.75 Å². The molecule has 0 aliphatic carbocycles. The molecule has 2 aromatic rings. The van der Waals surface area contributed by atoms with Gasteiger partial charge in [0.05, 0.1) is 17.9 Å². The number of carbonyl (C=O) groups excluding carboxylic acids is 1. The molecule has 0 atom stereocenters. The van der Waals surface area contributed by atoms with Crippen LogP contribution in [0.25, 0.3) is 0 Å². The first-order valence-electron chi connectivity index (χ1n) is 7.08. The van der Waals surface area contributed by atoms with Crippen LogP contribution >= 0.6 is 0 Å². The molecule has 0 saturated heterocycles. The number of carboxylic acid groups (broad SMARTS) is 1. The Bertz CT molecular complexity index is 685. The van der Waals surface area contributed by atoms with Crippen molar-refractivity contribution in [3.63, 3.8) is 0 Å². The van der Waals surface area contributed by atoms with E-state index in [1.807, 2.05) is 30.3 Å². The maximum Gasteiger partial charge on any atom is 0.411 e. The SMILES string of the molecule is CCOc1ccc(NC(=O)OCc2ccccc2)c(C(=O)O)c1. The van der Waals surface area contributed by atoms with Crippen molar-refractivity contribution in [3.05, 3.63) is 59.7 Å². The van der Waals surface area contributed by atoms with Gasteiger partial charge in [-0.3, -0.25) is 5.32 Å². The number of amides is 1. The zero-order valence-electron chi connectivity index (χ0n) is 12.6. The van der Waals surface area contributed by atoms with Crippen LogP contribution in [-0.4, -0.2) is 23.8 Å². The maximum absolute atomic E-state index is 11.8. The van der Waals surface area contributed by atoms with E-state index < -0.39 is 12.1 Å². The third kappa shape index (κ3) is 4.74. The fraction of sp³-hybridized carbons (Fsp3) is 0.176. The minimum atomic E-state index is -1.16. The zero-order chi connectivity index (χ0) is 16.7. The Labute approximate surface area is 133 Å². The number of carboxylic acids is 1. The van der Waals surface area contributed by atoms with Crippen molar-refractivity contribution in [2.24, 2.45) is 0 Å². The van der Waals surface area contributed by atoms with Crippen LogP contribution in [0.1, 0.15) is 22.8 Å². The summed E-state index contributed by atoms with van der Waals surface area (Å²) in [6, 6.07) is 13.6. The van der Waals surface area contributed by atoms with Crippen molar-refractivity contribution in [1.29, 1.82) is 0 Å². The molecule has 0 aliphatic rings. The quantitative estimate of drug-likeness (QED) is 0.851. The molecule has 0 aliphatic heterocycles. The van der Waals surface area contributed by atoms with Gasteiger partial charge in [0.2, 0.25) is 0 Å². The summed E-state index contributed by atoms with van der Waals surface area (Å²) in [6.45, 7) is 2.32. The fourth-order valence-electron chi connectivity index (χ4n) is 1.93. The van der Waals surface area contributed by atoms with E-state index in [9.17, 15) is 14.7 Å². The summed E-state index contributed by atoms with van der Waals surface area (Å²) in [5.41, 5.74) is 0.930. The van der Waals surface area contributed by atoms with Crippen LogP contribution < -0.4 is 10.1 Å². The number of nitrogens with one attached hydrogen (secondary N) is 1. The molecule has 6 nitrogen and oxygen atoms in total. The first-order valence-corrected chi connectivity index (χ1v) is 7.08. The molecule has 2 N–H and O–H groups in total. The predicted octanol–water partition coefficient (Wildman–Crippen LogP) is 3.53. The smallest absolute Gasteiger partial charge is 0.411 e. The molecule has 0 spiro atoms. The highest BCUT2D eigenvalue weighted by atomic mass is 16.5. The molecular weight excluding hydrogens is 298 g/mol. The predicted molar refractivity (Wildman–Crippen MR) is 84.8 cm³/mol. The molecule has 2 aromatic carbocycles. The van der Waals surface area contributed by atoms with Crippen LogP contribution in [0, 0.1) is 0 Å². The van der Waals surface area contributed by atoms with Gasteiger partial charge in [0.15, 0.2) is 0 Å². The van der Waals surface area contributed by atoms with Crippen LogP contribution in [0.2, 0.25) is 0 Å². The highest BCUT2D eigenvalue weighted by molar-refractivity contribution is 5.99. The number of carbonyl (C=O) groups is 2. The van der Waals surface area contributed by atoms with Crippen LogP contribution in [-0.2, 0) is 11.3 Å². The number of anilines is 1. The molecular formula is C17H17NO5. The van der Waals surface area contributed by atoms with Crippen molar-refractivity contribution in [2.45, 2.75) is 13.5 Å². The van der Waals surface area contributed by atoms with Gasteiger partial charge in [0.1, 0.15) is 12.4 Å². The Morgan fingerprint density at radius 2 is 1.87 bits per heavy atom. The van der Waals surface area contributed by atoms with Gasteiger partial charge in [-0.25, -0.2) is 9.59 Å². The summed E-state index contributed by atoms with van der Waals surface area (Å²) < 4.78 is 10.3. The second-order valence-electron chi connectivity index (χ2n) is 4.63. The summed E-state index contributed by atoms with van der Waals surface area (Å²) in [4.78, 5) is 23.1. The molecule has 0 radical (unpaired) electrons. The monoisotopic (exact) mass is 315 g/mol. The Balaban J connectivity index is 2.03. The summed E-state index contributed by atoms with van der Waals surface area (Å²) in [5, 5.41) is 11.7. The minimum absolute atomic E-state index is 0.0624. The molecule has 0 aromatic heterocycles. The molecule has 0 fully saturated rings. The zero-order valence-corrected chi connectivity index (χ0v) is 12.6. The number of aromatic carboxylic acids is 1. The highest BCUT2D eigenvalue weighted by Crippen LogP contribution is 2.22. The van der Waals surface area contributed by atoms with E-state index in [-0.39, 0.29) is 17.9 Å². The van der Waals surface area contributed by atoms with Crippen LogP contribution in [0.4, 0.5) is 10.5 Å². The van der Waals surface area contributed by atoms with Gasteiger partial charge in [-0.15, -0.1) is 0 Å². The van der Waals surface area contributed by atoms with E-state index in [4.69, 9.17) is 9.47 Å². The summed E-state index contributed by atoms with van der Waals surface area (Å²) in [5.74, 6) is -0.738. The van der Waals surface area contributed by atoms with E-state index in [0.717, 1.165) is 5.56 Å². The van der Waals surface area contributed by atoms with E-state index in [1.165, 1.54) is 12.1 Å². The first kappa shape index (κ1) is 16.4. The summed E-state index contributed by atoms with van der Waals surface area (Å²) >= 11 is 0. The lowest BCUT2D eigenvalue weighted by Gasteiger charge is -2.11. The molecule has 1 amide bonds. The summed E-state index contributed by atoms with van der Waals surface area (Å²) in [6.07, 6.45) is -0.722. The molecule has 0 unspecified atom stereocenters. The molecule has 0 heterocycles. The maximum atomic E-state index is 11.8.